The van der Waals surface area contributed by atoms with Crippen molar-refractivity contribution in [3.05, 3.63) is 64.1 Å². The molecule has 0 aliphatic carbocycles. The van der Waals surface area contributed by atoms with Crippen molar-refractivity contribution < 1.29 is 9.53 Å². The highest BCUT2D eigenvalue weighted by Crippen LogP contribution is 2.35. The fourth-order valence-electron chi connectivity index (χ4n) is 2.77. The van der Waals surface area contributed by atoms with Gasteiger partial charge in [0.2, 0.25) is 0 Å². The van der Waals surface area contributed by atoms with E-state index in [2.05, 4.69) is 5.10 Å². The summed E-state index contributed by atoms with van der Waals surface area (Å²) in [6.07, 6.45) is 0. The van der Waals surface area contributed by atoms with Gasteiger partial charge in [-0.1, -0.05) is 35.3 Å². The van der Waals surface area contributed by atoms with E-state index in [9.17, 15) is 4.79 Å². The van der Waals surface area contributed by atoms with Gasteiger partial charge in [0, 0.05) is 10.0 Å². The average Bonchev–Trinajstić information content (AvgIpc) is 2.94. The summed E-state index contributed by atoms with van der Waals surface area (Å²) >= 11 is 11.9. The summed E-state index contributed by atoms with van der Waals surface area (Å²) in [4.78, 5) is 12.4. The summed E-state index contributed by atoms with van der Waals surface area (Å²) in [7, 11) is 1.39. The number of nitrogens with zero attached hydrogens (tertiary/aromatic N) is 2. The standard InChI is InChI=1S/C18H16Cl2N2O2/c1-18(17(23)24-2)11-22(15-9-7-14(20)8-10-15)21-16(18)12-3-5-13(19)6-4-12/h3-10H,11H2,1-2H3. The molecular weight excluding hydrogens is 347 g/mol. The molecular formula is C18H16Cl2N2O2. The van der Waals surface area contributed by atoms with E-state index in [0.29, 0.717) is 22.3 Å². The molecule has 0 spiro atoms. The fourth-order valence-corrected chi connectivity index (χ4v) is 3.03. The molecule has 24 heavy (non-hydrogen) atoms. The quantitative estimate of drug-likeness (QED) is 0.760. The van der Waals surface area contributed by atoms with Gasteiger partial charge in [-0.25, -0.2) is 0 Å². The number of hydrogen-bond acceptors (Lipinski definition) is 4. The number of methoxy groups -OCH3 is 1. The normalized spacial score (nSPS) is 20.0. The summed E-state index contributed by atoms with van der Waals surface area (Å²) < 4.78 is 5.02. The Labute approximate surface area is 150 Å². The van der Waals surface area contributed by atoms with Gasteiger partial charge < -0.3 is 4.74 Å². The molecule has 0 fully saturated rings. The van der Waals surface area contributed by atoms with Crippen LogP contribution in [0.2, 0.25) is 10.0 Å². The minimum atomic E-state index is -0.873. The lowest BCUT2D eigenvalue weighted by Crippen LogP contribution is -2.40. The zero-order valence-electron chi connectivity index (χ0n) is 13.3. The molecule has 3 rings (SSSR count). The van der Waals surface area contributed by atoms with Crippen LogP contribution in [0.3, 0.4) is 0 Å². The van der Waals surface area contributed by atoms with Gasteiger partial charge in [-0.15, -0.1) is 0 Å². The summed E-state index contributed by atoms with van der Waals surface area (Å²) in [5.41, 5.74) is 1.48. The molecule has 1 unspecified atom stereocenters. The molecule has 0 N–H and O–H groups in total. The van der Waals surface area contributed by atoms with Crippen molar-refractivity contribution in [3.8, 4) is 0 Å². The summed E-state index contributed by atoms with van der Waals surface area (Å²) in [6, 6.07) is 14.6. The summed E-state index contributed by atoms with van der Waals surface area (Å²) in [5.74, 6) is -0.326. The molecule has 0 saturated carbocycles. The Morgan fingerprint density at radius 3 is 2.17 bits per heavy atom. The lowest BCUT2D eigenvalue weighted by Gasteiger charge is -2.23. The zero-order valence-corrected chi connectivity index (χ0v) is 14.8. The topological polar surface area (TPSA) is 41.9 Å². The third kappa shape index (κ3) is 2.99. The van der Waals surface area contributed by atoms with Crippen LogP contribution in [0.4, 0.5) is 5.69 Å². The highest BCUT2D eigenvalue weighted by atomic mass is 35.5. The van der Waals surface area contributed by atoms with E-state index in [1.807, 2.05) is 31.2 Å². The first-order valence-corrected chi connectivity index (χ1v) is 8.16. The first kappa shape index (κ1) is 16.8. The molecule has 1 aliphatic heterocycles. The number of esters is 1. The second-order valence-corrected chi connectivity index (χ2v) is 6.69. The van der Waals surface area contributed by atoms with Crippen LogP contribution in [0, 0.1) is 5.41 Å². The van der Waals surface area contributed by atoms with Crippen LogP contribution in [0.5, 0.6) is 0 Å². The first-order valence-electron chi connectivity index (χ1n) is 7.40. The number of halogens is 2. The minimum absolute atomic E-state index is 0.326. The lowest BCUT2D eigenvalue weighted by molar-refractivity contribution is -0.147. The van der Waals surface area contributed by atoms with Crippen molar-refractivity contribution in [3.63, 3.8) is 0 Å². The van der Waals surface area contributed by atoms with Crippen molar-refractivity contribution in [2.75, 3.05) is 18.7 Å². The zero-order chi connectivity index (χ0) is 17.3. The second kappa shape index (κ2) is 6.46. The van der Waals surface area contributed by atoms with E-state index in [1.165, 1.54) is 7.11 Å². The third-order valence-corrected chi connectivity index (χ3v) is 4.59. The number of carbonyl (C=O) groups excluding carboxylic acids is 1. The number of benzene rings is 2. The summed E-state index contributed by atoms with van der Waals surface area (Å²) in [5, 5.41) is 7.74. The van der Waals surface area contributed by atoms with E-state index in [0.717, 1.165) is 11.3 Å². The molecule has 0 amide bonds. The van der Waals surface area contributed by atoms with Gasteiger partial charge in [0.15, 0.2) is 0 Å². The molecule has 6 heteroatoms. The average molecular weight is 363 g/mol. The van der Waals surface area contributed by atoms with Crippen molar-refractivity contribution in [1.82, 2.24) is 0 Å². The van der Waals surface area contributed by atoms with Crippen LogP contribution >= 0.6 is 23.2 Å². The van der Waals surface area contributed by atoms with E-state index < -0.39 is 5.41 Å². The second-order valence-electron chi connectivity index (χ2n) is 5.81. The first-order chi connectivity index (χ1) is 11.4. The van der Waals surface area contributed by atoms with Crippen LogP contribution in [0.25, 0.3) is 0 Å². The number of hydrogen-bond donors (Lipinski definition) is 0. The van der Waals surface area contributed by atoms with Gasteiger partial charge in [0.05, 0.1) is 25.1 Å². The number of ether oxygens (including phenoxy) is 1. The van der Waals surface area contributed by atoms with Gasteiger partial charge in [-0.05, 0) is 48.9 Å². The number of carbonyl (C=O) groups is 1. The van der Waals surface area contributed by atoms with Gasteiger partial charge in [0.25, 0.3) is 0 Å². The molecule has 0 saturated heterocycles. The SMILES string of the molecule is COC(=O)C1(C)CN(c2ccc(Cl)cc2)N=C1c1ccc(Cl)cc1. The van der Waals surface area contributed by atoms with E-state index in [1.54, 1.807) is 29.3 Å². The molecule has 2 aromatic rings. The predicted molar refractivity (Wildman–Crippen MR) is 96.9 cm³/mol. The van der Waals surface area contributed by atoms with Crippen LogP contribution in [0.15, 0.2) is 53.6 Å². The maximum atomic E-state index is 12.4. The molecule has 4 nitrogen and oxygen atoms in total. The van der Waals surface area contributed by atoms with Crippen molar-refractivity contribution in [2.24, 2.45) is 10.5 Å². The molecule has 1 heterocycles. The molecule has 124 valence electrons. The van der Waals surface area contributed by atoms with E-state index in [-0.39, 0.29) is 5.97 Å². The van der Waals surface area contributed by atoms with Gasteiger partial charge in [-0.3, -0.25) is 9.80 Å². The van der Waals surface area contributed by atoms with Gasteiger partial charge >= 0.3 is 5.97 Å². The number of anilines is 1. The maximum Gasteiger partial charge on any atom is 0.319 e. The number of hydrazone groups is 1. The van der Waals surface area contributed by atoms with E-state index >= 15 is 0 Å². The fraction of sp³-hybridized carbons (Fsp3) is 0.222. The lowest BCUT2D eigenvalue weighted by atomic mass is 9.82. The maximum absolute atomic E-state index is 12.4. The minimum Gasteiger partial charge on any atom is -0.468 e. The van der Waals surface area contributed by atoms with Crippen LogP contribution < -0.4 is 5.01 Å². The molecule has 1 atom stereocenters. The molecule has 0 aromatic heterocycles. The van der Waals surface area contributed by atoms with Crippen molar-refractivity contribution >= 4 is 40.6 Å². The Morgan fingerprint density at radius 2 is 1.62 bits per heavy atom. The predicted octanol–water partition coefficient (Wildman–Crippen LogP) is 4.40. The van der Waals surface area contributed by atoms with Gasteiger partial charge in [0.1, 0.15) is 5.41 Å². The van der Waals surface area contributed by atoms with Crippen molar-refractivity contribution in [2.45, 2.75) is 6.92 Å². The highest BCUT2D eigenvalue weighted by Gasteiger charge is 2.47. The van der Waals surface area contributed by atoms with Crippen LogP contribution in [-0.4, -0.2) is 25.3 Å². The molecule has 0 bridgehead atoms. The smallest absolute Gasteiger partial charge is 0.319 e. The highest BCUT2D eigenvalue weighted by molar-refractivity contribution is 6.31. The van der Waals surface area contributed by atoms with Crippen LogP contribution in [-0.2, 0) is 9.53 Å². The van der Waals surface area contributed by atoms with Gasteiger partial charge in [-0.2, -0.15) is 5.10 Å². The third-order valence-electron chi connectivity index (χ3n) is 4.09. The molecule has 1 aliphatic rings. The largest absolute Gasteiger partial charge is 0.468 e. The van der Waals surface area contributed by atoms with Crippen molar-refractivity contribution in [1.29, 1.82) is 0 Å². The Bertz CT molecular complexity index is 788. The monoisotopic (exact) mass is 362 g/mol. The Hall–Kier alpha value is -2.04. The van der Waals surface area contributed by atoms with E-state index in [4.69, 9.17) is 27.9 Å². The Kier molecular flexibility index (Phi) is 4.52. The molecule has 0 radical (unpaired) electrons. The number of rotatable bonds is 3. The van der Waals surface area contributed by atoms with Crippen LogP contribution in [0.1, 0.15) is 12.5 Å². The Morgan fingerprint density at radius 1 is 1.08 bits per heavy atom. The summed E-state index contributed by atoms with van der Waals surface area (Å²) in [6.45, 7) is 2.22. The Balaban J connectivity index is 2.05. The molecule has 2 aromatic carbocycles.